The number of anilines is 1. The number of amides is 1. The van der Waals surface area contributed by atoms with Crippen LogP contribution in [0.4, 0.5) is 5.69 Å². The highest BCUT2D eigenvalue weighted by Gasteiger charge is 2.12. The van der Waals surface area contributed by atoms with Gasteiger partial charge >= 0.3 is 0 Å². The zero-order valence-electron chi connectivity index (χ0n) is 16.7. The van der Waals surface area contributed by atoms with Gasteiger partial charge in [0.25, 0.3) is 5.56 Å². The van der Waals surface area contributed by atoms with Crippen LogP contribution in [-0.4, -0.2) is 31.6 Å². The van der Waals surface area contributed by atoms with Crippen molar-refractivity contribution in [3.63, 3.8) is 0 Å². The van der Waals surface area contributed by atoms with Gasteiger partial charge in [-0.25, -0.2) is 9.20 Å². The lowest BCUT2D eigenvalue weighted by Crippen LogP contribution is -2.30. The number of rotatable bonds is 6. The molecule has 0 radical (unpaired) electrons. The first kappa shape index (κ1) is 19.9. The smallest absolute Gasteiger partial charge is 0.293 e. The van der Waals surface area contributed by atoms with Crippen LogP contribution in [-0.2, 0) is 17.8 Å². The number of aromatic nitrogens is 4. The maximum atomic E-state index is 12.8. The highest BCUT2D eigenvalue weighted by Crippen LogP contribution is 2.20. The van der Waals surface area contributed by atoms with Crippen molar-refractivity contribution in [3.8, 4) is 11.3 Å². The Morgan fingerprint density at radius 3 is 2.67 bits per heavy atom. The zero-order chi connectivity index (χ0) is 21.1. The Kier molecular flexibility index (Phi) is 5.67. The van der Waals surface area contributed by atoms with Crippen molar-refractivity contribution in [2.75, 3.05) is 11.6 Å². The second kappa shape index (κ2) is 8.54. The molecule has 2 heterocycles. The van der Waals surface area contributed by atoms with Gasteiger partial charge < -0.3 is 5.32 Å². The van der Waals surface area contributed by atoms with E-state index in [1.165, 1.54) is 16.4 Å². The van der Waals surface area contributed by atoms with Gasteiger partial charge in [-0.15, -0.1) is 11.8 Å². The maximum Gasteiger partial charge on any atom is 0.293 e. The average Bonchev–Trinajstić information content (AvgIpc) is 3.21. The van der Waals surface area contributed by atoms with Crippen LogP contribution in [0.2, 0.25) is 0 Å². The monoisotopic (exact) mass is 419 g/mol. The zero-order valence-corrected chi connectivity index (χ0v) is 17.5. The molecule has 2 aromatic carbocycles. The molecule has 8 heteroatoms. The molecule has 1 N–H and O–H groups in total. The molecule has 0 aliphatic rings. The highest BCUT2D eigenvalue weighted by molar-refractivity contribution is 7.98. The Morgan fingerprint density at radius 2 is 1.93 bits per heavy atom. The molecule has 152 valence electrons. The van der Waals surface area contributed by atoms with Crippen LogP contribution in [0, 0.1) is 0 Å². The van der Waals surface area contributed by atoms with Gasteiger partial charge in [0.2, 0.25) is 5.91 Å². The first-order chi connectivity index (χ1) is 14.6. The van der Waals surface area contributed by atoms with E-state index in [-0.39, 0.29) is 18.0 Å². The van der Waals surface area contributed by atoms with Crippen molar-refractivity contribution in [2.45, 2.75) is 24.8 Å². The van der Waals surface area contributed by atoms with Crippen LogP contribution in [0.5, 0.6) is 0 Å². The molecule has 0 bridgehead atoms. The van der Waals surface area contributed by atoms with Crippen LogP contribution in [0.15, 0.2) is 70.6 Å². The second-order valence-electron chi connectivity index (χ2n) is 6.78. The van der Waals surface area contributed by atoms with Crippen molar-refractivity contribution >= 4 is 28.9 Å². The maximum absolute atomic E-state index is 12.8. The molecule has 0 saturated heterocycles. The van der Waals surface area contributed by atoms with Crippen LogP contribution < -0.4 is 10.9 Å². The minimum absolute atomic E-state index is 0.176. The molecule has 0 unspecified atom stereocenters. The number of hydrogen-bond acceptors (Lipinski definition) is 5. The van der Waals surface area contributed by atoms with E-state index in [4.69, 9.17) is 0 Å². The molecule has 2 aromatic heterocycles. The molecule has 0 saturated carbocycles. The lowest BCUT2D eigenvalue weighted by molar-refractivity contribution is -0.117. The Labute approximate surface area is 177 Å². The van der Waals surface area contributed by atoms with E-state index in [1.807, 2.05) is 54.8 Å². The lowest BCUT2D eigenvalue weighted by Gasteiger charge is -2.07. The molecule has 0 aliphatic carbocycles. The van der Waals surface area contributed by atoms with E-state index in [0.717, 1.165) is 21.6 Å². The quantitative estimate of drug-likeness (QED) is 0.484. The average molecular weight is 420 g/mol. The number of benzene rings is 2. The van der Waals surface area contributed by atoms with E-state index in [2.05, 4.69) is 22.4 Å². The number of nitrogens with one attached hydrogen (secondary N) is 1. The summed E-state index contributed by atoms with van der Waals surface area (Å²) in [7, 11) is 0. The van der Waals surface area contributed by atoms with Gasteiger partial charge in [-0.2, -0.15) is 10.2 Å². The Hall–Kier alpha value is -3.39. The summed E-state index contributed by atoms with van der Waals surface area (Å²) in [5.41, 5.74) is 3.54. The molecule has 0 spiro atoms. The first-order valence-corrected chi connectivity index (χ1v) is 10.8. The lowest BCUT2D eigenvalue weighted by atomic mass is 10.1. The molecule has 0 atom stereocenters. The highest BCUT2D eigenvalue weighted by atomic mass is 32.2. The standard InChI is InChI=1S/C22H21N5O2S/c1-3-15-7-9-16(10-8-15)19-12-20-22(29)26(23-14-27(20)25-19)13-21(28)24-17-5-4-6-18(11-17)30-2/h4-12,14H,3,13H2,1-2H3,(H,24,28). The summed E-state index contributed by atoms with van der Waals surface area (Å²) in [6, 6.07) is 17.3. The SMILES string of the molecule is CCc1ccc(-c2cc3c(=O)n(CC(=O)Nc4cccc(SC)c4)ncn3n2)cc1. The van der Waals surface area contributed by atoms with Crippen LogP contribution >= 0.6 is 11.8 Å². The van der Waals surface area contributed by atoms with Crippen molar-refractivity contribution in [3.05, 3.63) is 76.8 Å². The topological polar surface area (TPSA) is 81.3 Å². The number of hydrogen-bond donors (Lipinski definition) is 1. The van der Waals surface area contributed by atoms with Gasteiger partial charge in [0.05, 0.1) is 5.69 Å². The third-order valence-corrected chi connectivity index (χ3v) is 5.52. The summed E-state index contributed by atoms with van der Waals surface area (Å²) < 4.78 is 2.59. The number of thioether (sulfide) groups is 1. The van der Waals surface area contributed by atoms with Crippen LogP contribution in [0.3, 0.4) is 0 Å². The van der Waals surface area contributed by atoms with Gasteiger partial charge in [-0.3, -0.25) is 9.59 Å². The Morgan fingerprint density at radius 1 is 1.13 bits per heavy atom. The van der Waals surface area contributed by atoms with Gasteiger partial charge in [-0.1, -0.05) is 37.3 Å². The van der Waals surface area contributed by atoms with E-state index in [0.29, 0.717) is 16.9 Å². The molecule has 1 amide bonds. The molecule has 0 fully saturated rings. The summed E-state index contributed by atoms with van der Waals surface area (Å²) in [6.45, 7) is 1.92. The Bertz CT molecular complexity index is 1260. The number of fused-ring (bicyclic) bond motifs is 1. The second-order valence-corrected chi connectivity index (χ2v) is 7.66. The largest absolute Gasteiger partial charge is 0.324 e. The van der Waals surface area contributed by atoms with E-state index < -0.39 is 0 Å². The number of nitrogens with zero attached hydrogens (tertiary/aromatic N) is 4. The summed E-state index contributed by atoms with van der Waals surface area (Å²) in [6.07, 6.45) is 4.38. The molecule has 0 aliphatic heterocycles. The van der Waals surface area contributed by atoms with Crippen molar-refractivity contribution < 1.29 is 4.79 Å². The normalized spacial score (nSPS) is 11.0. The van der Waals surface area contributed by atoms with E-state index >= 15 is 0 Å². The van der Waals surface area contributed by atoms with Gasteiger partial charge in [0.1, 0.15) is 18.4 Å². The van der Waals surface area contributed by atoms with Crippen LogP contribution in [0.1, 0.15) is 12.5 Å². The van der Waals surface area contributed by atoms with Gasteiger partial charge in [0, 0.05) is 16.1 Å². The number of aryl methyl sites for hydroxylation is 1. The molecular weight excluding hydrogens is 398 g/mol. The third-order valence-electron chi connectivity index (χ3n) is 4.79. The third kappa shape index (κ3) is 4.13. The van der Waals surface area contributed by atoms with Crippen molar-refractivity contribution in [2.24, 2.45) is 0 Å². The summed E-state index contributed by atoms with van der Waals surface area (Å²) in [4.78, 5) is 26.3. The fourth-order valence-electron chi connectivity index (χ4n) is 3.14. The summed E-state index contributed by atoms with van der Waals surface area (Å²) >= 11 is 1.59. The number of carbonyl (C=O) groups excluding carboxylic acids is 1. The van der Waals surface area contributed by atoms with E-state index in [9.17, 15) is 9.59 Å². The summed E-state index contributed by atoms with van der Waals surface area (Å²) in [5.74, 6) is -0.318. The Balaban J connectivity index is 1.56. The van der Waals surface area contributed by atoms with Crippen LogP contribution in [0.25, 0.3) is 16.8 Å². The fraction of sp³-hybridized carbons (Fsp3) is 0.182. The van der Waals surface area contributed by atoms with E-state index in [1.54, 1.807) is 17.8 Å². The minimum Gasteiger partial charge on any atom is -0.324 e. The fourth-order valence-corrected chi connectivity index (χ4v) is 3.60. The predicted octanol–water partition coefficient (Wildman–Crippen LogP) is 3.48. The molecule has 4 rings (SSSR count). The van der Waals surface area contributed by atoms with Gasteiger partial charge in [0.15, 0.2) is 0 Å². The minimum atomic E-state index is -0.366. The molecular formula is C22H21N5O2S. The molecule has 30 heavy (non-hydrogen) atoms. The first-order valence-electron chi connectivity index (χ1n) is 9.56. The van der Waals surface area contributed by atoms with Crippen molar-refractivity contribution in [1.82, 2.24) is 19.4 Å². The molecule has 7 nitrogen and oxygen atoms in total. The predicted molar refractivity (Wildman–Crippen MR) is 119 cm³/mol. The summed E-state index contributed by atoms with van der Waals surface area (Å²) in [5, 5.41) is 11.3. The molecule has 4 aromatic rings. The number of carbonyl (C=O) groups is 1. The van der Waals surface area contributed by atoms with Gasteiger partial charge in [-0.05, 0) is 42.5 Å². The van der Waals surface area contributed by atoms with Crippen molar-refractivity contribution in [1.29, 1.82) is 0 Å².